The first-order valence-electron chi connectivity index (χ1n) is 6.45. The van der Waals surface area contributed by atoms with E-state index in [1.54, 1.807) is 23.1 Å². The molecule has 0 aromatic heterocycles. The lowest BCUT2D eigenvalue weighted by atomic mass is 9.97. The van der Waals surface area contributed by atoms with E-state index >= 15 is 0 Å². The molecule has 6 heteroatoms. The first-order valence-corrected chi connectivity index (χ1v) is 7.24. The van der Waals surface area contributed by atoms with Gasteiger partial charge in [0.2, 0.25) is 0 Å². The molecule has 1 unspecified atom stereocenters. The molecule has 0 aliphatic carbocycles. The number of rotatable bonds is 2. The van der Waals surface area contributed by atoms with Gasteiger partial charge in [-0.2, -0.15) is 0 Å². The highest BCUT2D eigenvalue weighted by molar-refractivity contribution is 9.10. The Kier molecular flexibility index (Phi) is 4.65. The zero-order valence-electron chi connectivity index (χ0n) is 11.3. The molecule has 0 saturated carbocycles. The SMILES string of the molecule is COC(=O)C1CCCN(C(=O)c2cc(N)ccc2Br)C1. The Morgan fingerprint density at radius 1 is 1.45 bits per heavy atom. The average molecular weight is 341 g/mol. The molecule has 1 saturated heterocycles. The first-order chi connectivity index (χ1) is 9.52. The number of methoxy groups -OCH3 is 1. The van der Waals surface area contributed by atoms with Gasteiger partial charge in [0, 0.05) is 23.2 Å². The number of hydrogen-bond donors (Lipinski definition) is 1. The van der Waals surface area contributed by atoms with Crippen LogP contribution in [0.4, 0.5) is 5.69 Å². The fraction of sp³-hybridized carbons (Fsp3) is 0.429. The van der Waals surface area contributed by atoms with Crippen LogP contribution < -0.4 is 5.73 Å². The number of benzene rings is 1. The second-order valence-corrected chi connectivity index (χ2v) is 5.71. The number of nitrogens with zero attached hydrogens (tertiary/aromatic N) is 1. The fourth-order valence-corrected chi connectivity index (χ4v) is 2.81. The number of anilines is 1. The second-order valence-electron chi connectivity index (χ2n) is 4.85. The van der Waals surface area contributed by atoms with Crippen molar-refractivity contribution in [3.63, 3.8) is 0 Å². The number of esters is 1. The van der Waals surface area contributed by atoms with Gasteiger partial charge in [-0.1, -0.05) is 0 Å². The minimum atomic E-state index is -0.255. The van der Waals surface area contributed by atoms with Crippen molar-refractivity contribution in [1.82, 2.24) is 4.90 Å². The minimum absolute atomic E-state index is 0.113. The van der Waals surface area contributed by atoms with Gasteiger partial charge in [0.15, 0.2) is 0 Å². The Balaban J connectivity index is 2.16. The molecule has 1 heterocycles. The lowest BCUT2D eigenvalue weighted by Crippen LogP contribution is -2.42. The summed E-state index contributed by atoms with van der Waals surface area (Å²) in [6, 6.07) is 5.13. The zero-order valence-corrected chi connectivity index (χ0v) is 12.9. The monoisotopic (exact) mass is 340 g/mol. The Labute approximate surface area is 126 Å². The van der Waals surface area contributed by atoms with Crippen molar-refractivity contribution < 1.29 is 14.3 Å². The summed E-state index contributed by atoms with van der Waals surface area (Å²) in [5, 5.41) is 0. The van der Waals surface area contributed by atoms with Crippen LogP contribution in [0.3, 0.4) is 0 Å². The van der Waals surface area contributed by atoms with Crippen LogP contribution in [0.15, 0.2) is 22.7 Å². The standard InChI is InChI=1S/C14H17BrN2O3/c1-20-14(19)9-3-2-6-17(8-9)13(18)11-7-10(16)4-5-12(11)15/h4-5,7,9H,2-3,6,8,16H2,1H3. The van der Waals surface area contributed by atoms with Crippen LogP contribution in [-0.4, -0.2) is 37.0 Å². The maximum absolute atomic E-state index is 12.5. The largest absolute Gasteiger partial charge is 0.469 e. The number of nitrogens with two attached hydrogens (primary N) is 1. The molecule has 5 nitrogen and oxygen atoms in total. The van der Waals surface area contributed by atoms with Gasteiger partial charge >= 0.3 is 5.97 Å². The van der Waals surface area contributed by atoms with Crippen molar-refractivity contribution in [3.8, 4) is 0 Å². The van der Waals surface area contributed by atoms with Crippen LogP contribution in [-0.2, 0) is 9.53 Å². The van der Waals surface area contributed by atoms with Crippen molar-refractivity contribution in [2.24, 2.45) is 5.92 Å². The van der Waals surface area contributed by atoms with Crippen LogP contribution in [0.25, 0.3) is 0 Å². The lowest BCUT2D eigenvalue weighted by Gasteiger charge is -2.31. The number of ether oxygens (including phenoxy) is 1. The van der Waals surface area contributed by atoms with Gasteiger partial charge in [-0.15, -0.1) is 0 Å². The molecule has 1 aromatic rings. The van der Waals surface area contributed by atoms with E-state index in [-0.39, 0.29) is 17.8 Å². The summed E-state index contributed by atoms with van der Waals surface area (Å²) in [7, 11) is 1.37. The summed E-state index contributed by atoms with van der Waals surface area (Å²) < 4.78 is 5.47. The molecule has 2 N–H and O–H groups in total. The lowest BCUT2D eigenvalue weighted by molar-refractivity contribution is -0.146. The van der Waals surface area contributed by atoms with Crippen LogP contribution in [0.2, 0.25) is 0 Å². The van der Waals surface area contributed by atoms with Crippen molar-refractivity contribution in [2.75, 3.05) is 25.9 Å². The Morgan fingerprint density at radius 3 is 2.90 bits per heavy atom. The summed E-state index contributed by atoms with van der Waals surface area (Å²) in [5.74, 6) is -0.607. The molecule has 1 amide bonds. The highest BCUT2D eigenvalue weighted by Gasteiger charge is 2.30. The second kappa shape index (κ2) is 6.26. The van der Waals surface area contributed by atoms with Crippen molar-refractivity contribution in [2.45, 2.75) is 12.8 Å². The molecule has 20 heavy (non-hydrogen) atoms. The number of piperidine rings is 1. The van der Waals surface area contributed by atoms with Gasteiger partial charge in [-0.25, -0.2) is 0 Å². The van der Waals surface area contributed by atoms with Gasteiger partial charge < -0.3 is 15.4 Å². The molecule has 1 aliphatic heterocycles. The smallest absolute Gasteiger partial charge is 0.310 e. The summed E-state index contributed by atoms with van der Waals surface area (Å²) >= 11 is 3.36. The number of amides is 1. The van der Waals surface area contributed by atoms with E-state index in [1.807, 2.05) is 0 Å². The highest BCUT2D eigenvalue weighted by Crippen LogP contribution is 2.24. The third-order valence-electron chi connectivity index (χ3n) is 3.46. The summed E-state index contributed by atoms with van der Waals surface area (Å²) in [4.78, 5) is 25.8. The molecule has 1 aromatic carbocycles. The van der Waals surface area contributed by atoms with E-state index in [9.17, 15) is 9.59 Å². The van der Waals surface area contributed by atoms with Gasteiger partial charge in [0.1, 0.15) is 0 Å². The molecule has 0 bridgehead atoms. The molecule has 0 spiro atoms. The van der Waals surface area contributed by atoms with E-state index in [2.05, 4.69) is 15.9 Å². The zero-order chi connectivity index (χ0) is 14.7. The van der Waals surface area contributed by atoms with Gasteiger partial charge in [0.05, 0.1) is 18.6 Å². The van der Waals surface area contributed by atoms with Gasteiger partial charge in [-0.05, 0) is 47.0 Å². The molecule has 1 fully saturated rings. The Bertz CT molecular complexity index is 533. The van der Waals surface area contributed by atoms with E-state index < -0.39 is 0 Å². The molecule has 1 atom stereocenters. The normalized spacial score (nSPS) is 18.7. The van der Waals surface area contributed by atoms with Gasteiger partial charge in [-0.3, -0.25) is 9.59 Å². The predicted molar refractivity (Wildman–Crippen MR) is 79.2 cm³/mol. The van der Waals surface area contributed by atoms with Crippen molar-refractivity contribution >= 4 is 33.5 Å². The highest BCUT2D eigenvalue weighted by atomic mass is 79.9. The van der Waals surface area contributed by atoms with E-state index in [0.717, 1.165) is 12.8 Å². The van der Waals surface area contributed by atoms with Crippen LogP contribution in [0.5, 0.6) is 0 Å². The van der Waals surface area contributed by atoms with Gasteiger partial charge in [0.25, 0.3) is 5.91 Å². The van der Waals surface area contributed by atoms with Crippen LogP contribution >= 0.6 is 15.9 Å². The molecule has 1 aliphatic rings. The molecular weight excluding hydrogens is 324 g/mol. The minimum Gasteiger partial charge on any atom is -0.469 e. The maximum Gasteiger partial charge on any atom is 0.310 e. The summed E-state index contributed by atoms with van der Waals surface area (Å²) in [5.41, 5.74) is 6.79. The first kappa shape index (κ1) is 14.8. The number of halogens is 1. The van der Waals surface area contributed by atoms with Crippen molar-refractivity contribution in [3.05, 3.63) is 28.2 Å². The average Bonchev–Trinajstić information content (AvgIpc) is 2.48. The van der Waals surface area contributed by atoms with Crippen LogP contribution in [0, 0.1) is 5.92 Å². The van der Waals surface area contributed by atoms with Crippen molar-refractivity contribution in [1.29, 1.82) is 0 Å². The summed E-state index contributed by atoms with van der Waals surface area (Å²) in [6.07, 6.45) is 1.56. The Morgan fingerprint density at radius 2 is 2.20 bits per heavy atom. The van der Waals surface area contributed by atoms with E-state index in [0.29, 0.717) is 28.8 Å². The third-order valence-corrected chi connectivity index (χ3v) is 4.16. The molecule has 0 radical (unpaired) electrons. The number of hydrogen-bond acceptors (Lipinski definition) is 4. The fourth-order valence-electron chi connectivity index (χ4n) is 2.40. The molecular formula is C14H17BrN2O3. The topological polar surface area (TPSA) is 72.6 Å². The molecule has 108 valence electrons. The number of nitrogen functional groups attached to an aromatic ring is 1. The van der Waals surface area contributed by atoms with E-state index in [1.165, 1.54) is 7.11 Å². The quantitative estimate of drug-likeness (QED) is 0.660. The van der Waals surface area contributed by atoms with Crippen LogP contribution in [0.1, 0.15) is 23.2 Å². The number of carbonyl (C=O) groups is 2. The maximum atomic E-state index is 12.5. The number of carbonyl (C=O) groups excluding carboxylic acids is 2. The van der Waals surface area contributed by atoms with E-state index in [4.69, 9.17) is 10.5 Å². The summed E-state index contributed by atoms with van der Waals surface area (Å²) in [6.45, 7) is 1.04. The predicted octanol–water partition coefficient (Wildman–Crippen LogP) is 2.06. The Hall–Kier alpha value is -1.56. The third kappa shape index (κ3) is 3.12. The molecule has 2 rings (SSSR count). The number of likely N-dealkylation sites (tertiary alicyclic amines) is 1.